The molecule has 1 aromatic carbocycles. The van der Waals surface area contributed by atoms with Gasteiger partial charge < -0.3 is 10.4 Å². The maximum Gasteiger partial charge on any atom is 0.328 e. The lowest BCUT2D eigenvalue weighted by Crippen LogP contribution is -2.33. The zero-order chi connectivity index (χ0) is 14.4. The summed E-state index contributed by atoms with van der Waals surface area (Å²) in [6.45, 7) is 0. The lowest BCUT2D eigenvalue weighted by molar-refractivity contribution is -0.131. The summed E-state index contributed by atoms with van der Waals surface area (Å²) >= 11 is 9.00. The zero-order valence-corrected chi connectivity index (χ0v) is 11.7. The van der Waals surface area contributed by atoms with Gasteiger partial charge in [-0.25, -0.2) is 9.59 Å². The monoisotopic (exact) mass is 346 g/mol. The molecule has 3 amide bonds. The third-order valence-corrected chi connectivity index (χ3v) is 3.21. The summed E-state index contributed by atoms with van der Waals surface area (Å²) in [5.74, 6) is -2.13. The molecule has 3 N–H and O–H groups in total. The molecule has 0 fully saturated rings. The molecule has 0 aliphatic rings. The first-order valence-corrected chi connectivity index (χ1v) is 6.04. The molecular formula is C11H8BrClN2O4. The van der Waals surface area contributed by atoms with Gasteiger partial charge in [-0.3, -0.25) is 10.1 Å². The quantitative estimate of drug-likeness (QED) is 0.732. The van der Waals surface area contributed by atoms with Crippen molar-refractivity contribution in [1.82, 2.24) is 5.32 Å². The van der Waals surface area contributed by atoms with Gasteiger partial charge >= 0.3 is 12.0 Å². The van der Waals surface area contributed by atoms with Crippen molar-refractivity contribution >= 4 is 51.1 Å². The van der Waals surface area contributed by atoms with E-state index in [0.29, 0.717) is 21.3 Å². The van der Waals surface area contributed by atoms with E-state index in [-0.39, 0.29) is 0 Å². The molecule has 1 aromatic rings. The van der Waals surface area contributed by atoms with Crippen molar-refractivity contribution in [3.63, 3.8) is 0 Å². The van der Waals surface area contributed by atoms with E-state index in [2.05, 4.69) is 21.2 Å². The van der Waals surface area contributed by atoms with Gasteiger partial charge in [0.25, 0.3) is 5.91 Å². The number of halogens is 2. The fourth-order valence-electron chi connectivity index (χ4n) is 1.05. The van der Waals surface area contributed by atoms with Gasteiger partial charge in [-0.2, -0.15) is 0 Å². The Kier molecular flexibility index (Phi) is 5.53. The van der Waals surface area contributed by atoms with Crippen LogP contribution in [0.1, 0.15) is 0 Å². The number of imide groups is 1. The van der Waals surface area contributed by atoms with Crippen molar-refractivity contribution < 1.29 is 19.5 Å². The molecule has 100 valence electrons. The fraction of sp³-hybridized carbons (Fsp3) is 0. The number of anilines is 1. The number of aliphatic carboxylic acids is 1. The Morgan fingerprint density at radius 3 is 2.58 bits per heavy atom. The van der Waals surface area contributed by atoms with Crippen LogP contribution in [0.2, 0.25) is 5.02 Å². The summed E-state index contributed by atoms with van der Waals surface area (Å²) in [5.41, 5.74) is 0.375. The molecule has 0 saturated heterocycles. The summed E-state index contributed by atoms with van der Waals surface area (Å²) < 4.78 is 0.473. The standard InChI is InChI=1S/C11H8BrClN2O4/c12-10-6(13)2-1-3-7(10)14-11(19)15-8(16)4-5-9(17)18/h1-5H,(H,17,18)(H2,14,15,16,19)/b5-4+. The Balaban J connectivity index is 2.63. The number of carboxylic acid groups (broad SMARTS) is 1. The molecule has 19 heavy (non-hydrogen) atoms. The first-order valence-electron chi connectivity index (χ1n) is 4.87. The first-order chi connectivity index (χ1) is 8.90. The number of carbonyl (C=O) groups is 3. The molecule has 0 bridgehead atoms. The Morgan fingerprint density at radius 1 is 1.26 bits per heavy atom. The van der Waals surface area contributed by atoms with Crippen molar-refractivity contribution in [1.29, 1.82) is 0 Å². The molecule has 0 heterocycles. The number of hydrogen-bond donors (Lipinski definition) is 3. The molecule has 1 rings (SSSR count). The van der Waals surface area contributed by atoms with Crippen LogP contribution in [-0.4, -0.2) is 23.0 Å². The van der Waals surface area contributed by atoms with Gasteiger partial charge in [-0.05, 0) is 28.1 Å². The van der Waals surface area contributed by atoms with E-state index in [0.717, 1.165) is 6.08 Å². The van der Waals surface area contributed by atoms with E-state index in [1.165, 1.54) is 0 Å². The van der Waals surface area contributed by atoms with Gasteiger partial charge in [-0.15, -0.1) is 0 Å². The summed E-state index contributed by atoms with van der Waals surface area (Å²) in [6.07, 6.45) is 1.35. The molecule has 0 atom stereocenters. The molecule has 6 nitrogen and oxygen atoms in total. The smallest absolute Gasteiger partial charge is 0.328 e. The number of carbonyl (C=O) groups excluding carboxylic acids is 2. The van der Waals surface area contributed by atoms with E-state index in [1.54, 1.807) is 18.2 Å². The molecule has 0 unspecified atom stereocenters. The van der Waals surface area contributed by atoms with Crippen LogP contribution in [0.3, 0.4) is 0 Å². The van der Waals surface area contributed by atoms with Crippen molar-refractivity contribution in [3.8, 4) is 0 Å². The minimum atomic E-state index is -1.28. The minimum Gasteiger partial charge on any atom is -0.478 e. The SMILES string of the molecule is O=C(O)/C=C/C(=O)NC(=O)Nc1cccc(Cl)c1Br. The average Bonchev–Trinajstić information content (AvgIpc) is 2.32. The second-order valence-corrected chi connectivity index (χ2v) is 4.42. The average molecular weight is 348 g/mol. The number of rotatable bonds is 3. The molecular weight excluding hydrogens is 339 g/mol. The maximum absolute atomic E-state index is 11.4. The predicted octanol–water partition coefficient (Wildman–Crippen LogP) is 2.39. The van der Waals surface area contributed by atoms with Crippen LogP contribution in [0.4, 0.5) is 10.5 Å². The lowest BCUT2D eigenvalue weighted by atomic mass is 10.3. The van der Waals surface area contributed by atoms with Crippen molar-refractivity contribution in [2.75, 3.05) is 5.32 Å². The number of benzene rings is 1. The molecule has 0 radical (unpaired) electrons. The Labute approximate surface area is 121 Å². The summed E-state index contributed by atoms with van der Waals surface area (Å²) in [4.78, 5) is 32.8. The first kappa shape index (κ1) is 15.2. The number of urea groups is 1. The number of carboxylic acids is 1. The van der Waals surface area contributed by atoms with Crippen LogP contribution in [0.15, 0.2) is 34.8 Å². The highest BCUT2D eigenvalue weighted by Gasteiger charge is 2.09. The molecule has 0 spiro atoms. The van der Waals surface area contributed by atoms with Crippen molar-refractivity contribution in [2.45, 2.75) is 0 Å². The predicted molar refractivity (Wildman–Crippen MR) is 73.1 cm³/mol. The van der Waals surface area contributed by atoms with Gasteiger partial charge in [0.1, 0.15) is 0 Å². The van der Waals surface area contributed by atoms with Gasteiger partial charge in [0.2, 0.25) is 0 Å². The third kappa shape index (κ3) is 5.11. The molecule has 8 heteroatoms. The maximum atomic E-state index is 11.4. The van der Waals surface area contributed by atoms with Gasteiger partial charge in [0, 0.05) is 12.2 Å². The van der Waals surface area contributed by atoms with E-state index >= 15 is 0 Å². The molecule has 0 aliphatic heterocycles. The topological polar surface area (TPSA) is 95.5 Å². The van der Waals surface area contributed by atoms with Crippen LogP contribution in [-0.2, 0) is 9.59 Å². The Hall–Kier alpha value is -1.86. The highest BCUT2D eigenvalue weighted by atomic mass is 79.9. The van der Waals surface area contributed by atoms with E-state index in [4.69, 9.17) is 16.7 Å². The van der Waals surface area contributed by atoms with Gasteiger partial charge in [0.05, 0.1) is 15.2 Å². The van der Waals surface area contributed by atoms with Crippen LogP contribution in [0, 0.1) is 0 Å². The molecule has 0 saturated carbocycles. The number of nitrogens with one attached hydrogen (secondary N) is 2. The van der Waals surface area contributed by atoms with Gasteiger partial charge in [0.15, 0.2) is 0 Å². The highest BCUT2D eigenvalue weighted by molar-refractivity contribution is 9.10. The molecule has 0 aromatic heterocycles. The van der Waals surface area contributed by atoms with E-state index < -0.39 is 17.9 Å². The van der Waals surface area contributed by atoms with E-state index in [1.807, 2.05) is 5.32 Å². The fourth-order valence-corrected chi connectivity index (χ4v) is 1.59. The largest absolute Gasteiger partial charge is 0.478 e. The Morgan fingerprint density at radius 2 is 1.95 bits per heavy atom. The number of amides is 3. The highest BCUT2D eigenvalue weighted by Crippen LogP contribution is 2.29. The zero-order valence-electron chi connectivity index (χ0n) is 9.31. The van der Waals surface area contributed by atoms with Crippen molar-refractivity contribution in [2.24, 2.45) is 0 Å². The normalized spacial score (nSPS) is 10.2. The molecule has 0 aliphatic carbocycles. The summed E-state index contributed by atoms with van der Waals surface area (Å²) in [7, 11) is 0. The summed E-state index contributed by atoms with van der Waals surface area (Å²) in [5, 5.41) is 13.0. The van der Waals surface area contributed by atoms with Crippen LogP contribution < -0.4 is 10.6 Å². The third-order valence-electron chi connectivity index (χ3n) is 1.81. The second-order valence-electron chi connectivity index (χ2n) is 3.22. The number of hydrogen-bond acceptors (Lipinski definition) is 3. The van der Waals surface area contributed by atoms with Crippen LogP contribution >= 0.6 is 27.5 Å². The minimum absolute atomic E-state index is 0.375. The van der Waals surface area contributed by atoms with E-state index in [9.17, 15) is 14.4 Å². The lowest BCUT2D eigenvalue weighted by Gasteiger charge is -2.08. The van der Waals surface area contributed by atoms with Crippen molar-refractivity contribution in [3.05, 3.63) is 39.8 Å². The van der Waals surface area contributed by atoms with Crippen LogP contribution in [0.5, 0.6) is 0 Å². The second kappa shape index (κ2) is 6.91. The van der Waals surface area contributed by atoms with Crippen LogP contribution in [0.25, 0.3) is 0 Å². The Bertz CT molecular complexity index is 560. The van der Waals surface area contributed by atoms with Gasteiger partial charge in [-0.1, -0.05) is 17.7 Å². The summed E-state index contributed by atoms with van der Waals surface area (Å²) in [6, 6.07) is 4.01.